The Bertz CT molecular complexity index is 487. The Morgan fingerprint density at radius 2 is 2.14 bits per heavy atom. The van der Waals surface area contributed by atoms with Crippen LogP contribution in [0.3, 0.4) is 0 Å². The zero-order valence-electron chi connectivity index (χ0n) is 13.1. The van der Waals surface area contributed by atoms with Crippen molar-refractivity contribution in [2.24, 2.45) is 5.73 Å². The van der Waals surface area contributed by atoms with Gasteiger partial charge >= 0.3 is 0 Å². The van der Waals surface area contributed by atoms with E-state index in [1.54, 1.807) is 11.3 Å². The number of hydrogen-bond acceptors (Lipinski definition) is 5. The van der Waals surface area contributed by atoms with Gasteiger partial charge in [0.15, 0.2) is 0 Å². The van der Waals surface area contributed by atoms with E-state index in [4.69, 9.17) is 10.5 Å². The topological polar surface area (TPSA) is 77.2 Å². The summed E-state index contributed by atoms with van der Waals surface area (Å²) in [4.78, 5) is 16.8. The van der Waals surface area contributed by atoms with E-state index < -0.39 is 5.54 Å². The molecule has 0 unspecified atom stereocenters. The van der Waals surface area contributed by atoms with Crippen molar-refractivity contribution in [1.82, 2.24) is 10.3 Å². The second-order valence-corrected chi connectivity index (χ2v) is 7.59. The lowest BCUT2D eigenvalue weighted by atomic mass is 9.90. The van der Waals surface area contributed by atoms with Gasteiger partial charge < -0.3 is 15.8 Å². The zero-order chi connectivity index (χ0) is 15.5. The maximum atomic E-state index is 12.2. The fourth-order valence-electron chi connectivity index (χ4n) is 2.19. The number of carbonyl (C=O) groups excluding carboxylic acids is 1. The quantitative estimate of drug-likeness (QED) is 0.885. The van der Waals surface area contributed by atoms with Crippen LogP contribution < -0.4 is 11.1 Å². The van der Waals surface area contributed by atoms with Crippen molar-refractivity contribution in [2.45, 2.75) is 51.0 Å². The smallest absolute Gasteiger partial charge is 0.240 e. The highest BCUT2D eigenvalue weighted by Gasteiger charge is 2.35. The molecule has 2 heterocycles. The van der Waals surface area contributed by atoms with Gasteiger partial charge in [-0.15, -0.1) is 11.3 Å². The predicted molar refractivity (Wildman–Crippen MR) is 84.5 cm³/mol. The number of hydrogen-bond donors (Lipinski definition) is 2. The number of thiazole rings is 1. The van der Waals surface area contributed by atoms with Crippen LogP contribution in [0.25, 0.3) is 0 Å². The van der Waals surface area contributed by atoms with Crippen LogP contribution in [-0.2, 0) is 21.4 Å². The van der Waals surface area contributed by atoms with Gasteiger partial charge in [0, 0.05) is 37.0 Å². The first-order chi connectivity index (χ1) is 9.81. The maximum Gasteiger partial charge on any atom is 0.240 e. The van der Waals surface area contributed by atoms with E-state index in [2.05, 4.69) is 36.5 Å². The number of carbonyl (C=O) groups is 1. The van der Waals surface area contributed by atoms with Crippen molar-refractivity contribution < 1.29 is 9.53 Å². The van der Waals surface area contributed by atoms with Crippen molar-refractivity contribution in [3.05, 3.63) is 16.1 Å². The van der Waals surface area contributed by atoms with Crippen LogP contribution in [0.2, 0.25) is 0 Å². The molecule has 0 aliphatic carbocycles. The van der Waals surface area contributed by atoms with Crippen LogP contribution in [0.1, 0.15) is 44.3 Å². The summed E-state index contributed by atoms with van der Waals surface area (Å²) in [6, 6.07) is 0. The fourth-order valence-corrected chi connectivity index (χ4v) is 3.22. The number of ether oxygens (including phenoxy) is 1. The van der Waals surface area contributed by atoms with Crippen molar-refractivity contribution in [1.29, 1.82) is 0 Å². The summed E-state index contributed by atoms with van der Waals surface area (Å²) in [5.41, 5.74) is 6.55. The van der Waals surface area contributed by atoms with Crippen molar-refractivity contribution in [2.75, 3.05) is 19.8 Å². The first-order valence-corrected chi connectivity index (χ1v) is 8.29. The molecule has 118 valence electrons. The zero-order valence-corrected chi connectivity index (χ0v) is 13.9. The monoisotopic (exact) mass is 311 g/mol. The highest BCUT2D eigenvalue weighted by atomic mass is 32.1. The Kier molecular flexibility index (Phi) is 5.01. The van der Waals surface area contributed by atoms with Gasteiger partial charge in [-0.05, 0) is 12.8 Å². The van der Waals surface area contributed by atoms with Crippen molar-refractivity contribution in [3.63, 3.8) is 0 Å². The van der Waals surface area contributed by atoms with E-state index in [0.717, 1.165) is 17.1 Å². The number of rotatable bonds is 4. The average Bonchev–Trinajstić information content (AvgIpc) is 2.88. The summed E-state index contributed by atoms with van der Waals surface area (Å²) < 4.78 is 5.26. The normalized spacial score (nSPS) is 18.5. The van der Waals surface area contributed by atoms with Gasteiger partial charge in [-0.2, -0.15) is 0 Å². The van der Waals surface area contributed by atoms with Crippen LogP contribution in [-0.4, -0.2) is 36.2 Å². The number of amides is 1. The molecule has 5 nitrogen and oxygen atoms in total. The molecule has 1 aromatic heterocycles. The first kappa shape index (κ1) is 16.4. The first-order valence-electron chi connectivity index (χ1n) is 7.41. The lowest BCUT2D eigenvalue weighted by molar-refractivity contribution is -0.129. The molecule has 1 amide bonds. The van der Waals surface area contributed by atoms with Crippen molar-refractivity contribution >= 4 is 17.2 Å². The third kappa shape index (κ3) is 4.25. The lowest BCUT2D eigenvalue weighted by Gasteiger charge is -2.31. The molecular weight excluding hydrogens is 286 g/mol. The molecule has 21 heavy (non-hydrogen) atoms. The Morgan fingerprint density at radius 1 is 1.48 bits per heavy atom. The summed E-state index contributed by atoms with van der Waals surface area (Å²) in [7, 11) is 0. The Morgan fingerprint density at radius 3 is 2.71 bits per heavy atom. The number of aromatic nitrogens is 1. The van der Waals surface area contributed by atoms with E-state index in [1.807, 2.05) is 0 Å². The molecular formula is C15H25N3O2S. The highest BCUT2D eigenvalue weighted by molar-refractivity contribution is 7.09. The molecule has 1 saturated heterocycles. The molecule has 2 rings (SSSR count). The summed E-state index contributed by atoms with van der Waals surface area (Å²) in [6.07, 6.45) is 1.92. The van der Waals surface area contributed by atoms with Gasteiger partial charge in [-0.3, -0.25) is 4.79 Å². The minimum Gasteiger partial charge on any atom is -0.381 e. The molecule has 1 aliphatic rings. The van der Waals surface area contributed by atoms with Crippen LogP contribution in [0.5, 0.6) is 0 Å². The van der Waals surface area contributed by atoms with Gasteiger partial charge in [0.1, 0.15) is 0 Å². The van der Waals surface area contributed by atoms with Crippen molar-refractivity contribution in [3.8, 4) is 0 Å². The standard InChI is InChI=1S/C15H25N3O2S/c1-14(2,3)11-10-21-12(18-11)4-7-17-13(19)15(16)5-8-20-9-6-15/h10H,4-9,16H2,1-3H3,(H,17,19). The highest BCUT2D eigenvalue weighted by Crippen LogP contribution is 2.24. The fraction of sp³-hybridized carbons (Fsp3) is 0.733. The van der Waals surface area contributed by atoms with Crippen LogP contribution in [0, 0.1) is 0 Å². The average molecular weight is 311 g/mol. The van der Waals surface area contributed by atoms with E-state index in [0.29, 0.717) is 32.6 Å². The van der Waals surface area contributed by atoms with Gasteiger partial charge in [0.05, 0.1) is 16.2 Å². The molecule has 3 N–H and O–H groups in total. The second-order valence-electron chi connectivity index (χ2n) is 6.65. The summed E-state index contributed by atoms with van der Waals surface area (Å²) in [6.45, 7) is 8.15. The van der Waals surface area contributed by atoms with Crippen LogP contribution >= 0.6 is 11.3 Å². The minimum absolute atomic E-state index is 0.0708. The number of nitrogens with two attached hydrogens (primary N) is 1. The number of nitrogens with zero attached hydrogens (tertiary/aromatic N) is 1. The Hall–Kier alpha value is -0.980. The Balaban J connectivity index is 1.81. The van der Waals surface area contributed by atoms with Gasteiger partial charge in [-0.1, -0.05) is 20.8 Å². The van der Waals surface area contributed by atoms with E-state index in [1.165, 1.54) is 0 Å². The number of nitrogens with one attached hydrogen (secondary N) is 1. The van der Waals surface area contributed by atoms with Gasteiger partial charge in [0.2, 0.25) is 5.91 Å². The molecule has 0 aromatic carbocycles. The molecule has 0 radical (unpaired) electrons. The SMILES string of the molecule is CC(C)(C)c1csc(CCNC(=O)C2(N)CCOCC2)n1. The van der Waals surface area contributed by atoms with E-state index >= 15 is 0 Å². The summed E-state index contributed by atoms with van der Waals surface area (Å²) >= 11 is 1.65. The molecule has 0 bridgehead atoms. The largest absolute Gasteiger partial charge is 0.381 e. The van der Waals surface area contributed by atoms with E-state index in [-0.39, 0.29) is 11.3 Å². The lowest BCUT2D eigenvalue weighted by Crippen LogP contribution is -2.57. The van der Waals surface area contributed by atoms with Crippen LogP contribution in [0.15, 0.2) is 5.38 Å². The van der Waals surface area contributed by atoms with Crippen LogP contribution in [0.4, 0.5) is 0 Å². The maximum absolute atomic E-state index is 12.2. The predicted octanol–water partition coefficient (Wildman–Crippen LogP) is 1.61. The van der Waals surface area contributed by atoms with Gasteiger partial charge in [0.25, 0.3) is 0 Å². The van der Waals surface area contributed by atoms with Gasteiger partial charge in [-0.25, -0.2) is 4.98 Å². The summed E-state index contributed by atoms with van der Waals surface area (Å²) in [5.74, 6) is -0.0709. The van der Waals surface area contributed by atoms with E-state index in [9.17, 15) is 4.79 Å². The molecule has 1 aliphatic heterocycles. The molecule has 6 heteroatoms. The third-order valence-corrected chi connectivity index (χ3v) is 4.69. The molecule has 1 fully saturated rings. The molecule has 1 aromatic rings. The molecule has 0 saturated carbocycles. The minimum atomic E-state index is -0.766. The summed E-state index contributed by atoms with van der Waals surface area (Å²) in [5, 5.41) is 6.09. The third-order valence-electron chi connectivity index (χ3n) is 3.78. The molecule has 0 spiro atoms. The molecule has 0 atom stereocenters. The second kappa shape index (κ2) is 6.42. The Labute approximate surface area is 130 Å².